The number of halogens is 3. The second-order valence-corrected chi connectivity index (χ2v) is 10.8. The van der Waals surface area contributed by atoms with Crippen LogP contribution in [-0.2, 0) is 26.7 Å². The van der Waals surface area contributed by atoms with E-state index in [9.17, 15) is 31.6 Å². The van der Waals surface area contributed by atoms with Crippen LogP contribution in [0.25, 0.3) is 0 Å². The van der Waals surface area contributed by atoms with Crippen molar-refractivity contribution in [3.05, 3.63) is 59.7 Å². The van der Waals surface area contributed by atoms with Crippen LogP contribution >= 0.6 is 0 Å². The zero-order valence-electron chi connectivity index (χ0n) is 19.5. The van der Waals surface area contributed by atoms with Gasteiger partial charge in [0.15, 0.2) is 0 Å². The largest absolute Gasteiger partial charge is 0.573 e. The molecule has 0 aromatic heterocycles. The van der Waals surface area contributed by atoms with Gasteiger partial charge in [0.25, 0.3) is 5.91 Å². The third kappa shape index (κ3) is 6.14. The Bertz CT molecular complexity index is 1130. The molecule has 35 heavy (non-hydrogen) atoms. The first-order valence-corrected chi connectivity index (χ1v) is 12.7. The molecule has 1 aliphatic rings. The van der Waals surface area contributed by atoms with E-state index in [1.807, 2.05) is 0 Å². The van der Waals surface area contributed by atoms with Gasteiger partial charge in [0.1, 0.15) is 5.75 Å². The SMILES string of the molecule is CCC(C)(C(=O)NO)c1ccccc1S(=O)(=O)N1CCC(Cc2ccc(OC(F)(F)F)cc2)CC1. The van der Waals surface area contributed by atoms with Crippen molar-refractivity contribution in [3.8, 4) is 5.75 Å². The molecule has 3 rings (SSSR count). The molecule has 0 saturated carbocycles. The van der Waals surface area contributed by atoms with E-state index < -0.39 is 27.7 Å². The fourth-order valence-corrected chi connectivity index (χ4v) is 6.19. The number of carbonyl (C=O) groups is 1. The number of hydrogen-bond acceptors (Lipinski definition) is 5. The van der Waals surface area contributed by atoms with E-state index in [1.165, 1.54) is 22.5 Å². The summed E-state index contributed by atoms with van der Waals surface area (Å²) in [5.74, 6) is -0.796. The van der Waals surface area contributed by atoms with Crippen LogP contribution in [0.4, 0.5) is 13.2 Å². The molecule has 0 bridgehead atoms. The van der Waals surface area contributed by atoms with E-state index >= 15 is 0 Å². The van der Waals surface area contributed by atoms with Crippen LogP contribution in [0, 0.1) is 5.92 Å². The van der Waals surface area contributed by atoms with Crippen LogP contribution in [0.5, 0.6) is 5.75 Å². The summed E-state index contributed by atoms with van der Waals surface area (Å²) in [7, 11) is -3.90. The summed E-state index contributed by atoms with van der Waals surface area (Å²) in [6.45, 7) is 3.90. The number of piperidine rings is 1. The van der Waals surface area contributed by atoms with Gasteiger partial charge in [-0.05, 0) is 67.9 Å². The minimum atomic E-state index is -4.74. The molecule has 1 saturated heterocycles. The van der Waals surface area contributed by atoms with Gasteiger partial charge in [-0.3, -0.25) is 10.0 Å². The average Bonchev–Trinajstić information content (AvgIpc) is 2.83. The Morgan fingerprint density at radius 2 is 1.71 bits per heavy atom. The highest BCUT2D eigenvalue weighted by molar-refractivity contribution is 7.89. The van der Waals surface area contributed by atoms with Gasteiger partial charge in [-0.1, -0.05) is 37.3 Å². The second kappa shape index (κ2) is 10.5. The molecule has 1 fully saturated rings. The molecule has 0 spiro atoms. The van der Waals surface area contributed by atoms with Crippen LogP contribution in [0.15, 0.2) is 53.4 Å². The number of hydroxylamine groups is 1. The standard InChI is InChI=1S/C24H29F3N2O5S/c1-3-23(2,22(30)28-31)20-6-4-5-7-21(20)35(32,33)29-14-12-18(13-15-29)16-17-8-10-19(11-9-17)34-24(25,26)27/h4-11,18,31H,3,12-16H2,1-2H3,(H,28,30). The second-order valence-electron chi connectivity index (χ2n) is 8.87. The van der Waals surface area contributed by atoms with Crippen molar-refractivity contribution in [1.29, 1.82) is 0 Å². The van der Waals surface area contributed by atoms with Gasteiger partial charge >= 0.3 is 6.36 Å². The predicted molar refractivity (Wildman–Crippen MR) is 122 cm³/mol. The van der Waals surface area contributed by atoms with E-state index in [-0.39, 0.29) is 36.1 Å². The minimum Gasteiger partial charge on any atom is -0.406 e. The molecule has 2 aromatic rings. The average molecular weight is 515 g/mol. The first kappa shape index (κ1) is 27.0. The van der Waals surface area contributed by atoms with Crippen LogP contribution in [-0.4, -0.2) is 43.3 Å². The molecule has 11 heteroatoms. The number of carbonyl (C=O) groups excluding carboxylic acids is 1. The van der Waals surface area contributed by atoms with E-state index in [2.05, 4.69) is 4.74 Å². The molecule has 7 nitrogen and oxygen atoms in total. The zero-order chi connectivity index (χ0) is 25.9. The smallest absolute Gasteiger partial charge is 0.406 e. The summed E-state index contributed by atoms with van der Waals surface area (Å²) in [5.41, 5.74) is 1.57. The number of amides is 1. The van der Waals surface area contributed by atoms with Gasteiger partial charge in [-0.2, -0.15) is 4.31 Å². The van der Waals surface area contributed by atoms with E-state index in [0.717, 1.165) is 5.56 Å². The molecule has 0 radical (unpaired) electrons. The molecule has 1 amide bonds. The molecule has 1 unspecified atom stereocenters. The van der Waals surface area contributed by atoms with Crippen molar-refractivity contribution < 1.29 is 36.3 Å². The molecular formula is C24H29F3N2O5S. The lowest BCUT2D eigenvalue weighted by molar-refractivity contribution is -0.274. The minimum absolute atomic E-state index is 0.0339. The van der Waals surface area contributed by atoms with Gasteiger partial charge in [-0.25, -0.2) is 13.9 Å². The van der Waals surface area contributed by atoms with E-state index in [1.54, 1.807) is 49.7 Å². The van der Waals surface area contributed by atoms with Crippen LogP contribution in [0.3, 0.4) is 0 Å². The van der Waals surface area contributed by atoms with Crippen molar-refractivity contribution in [2.45, 2.75) is 56.2 Å². The van der Waals surface area contributed by atoms with Gasteiger partial charge in [0.05, 0.1) is 10.3 Å². The highest BCUT2D eigenvalue weighted by atomic mass is 32.2. The number of hydrogen-bond donors (Lipinski definition) is 2. The third-order valence-electron chi connectivity index (χ3n) is 6.66. The van der Waals surface area contributed by atoms with Crippen LogP contribution in [0.1, 0.15) is 44.2 Å². The van der Waals surface area contributed by atoms with Gasteiger partial charge in [0, 0.05) is 13.1 Å². The van der Waals surface area contributed by atoms with Gasteiger partial charge in [-0.15, -0.1) is 13.2 Å². The fourth-order valence-electron chi connectivity index (χ4n) is 4.40. The van der Waals surface area contributed by atoms with Crippen LogP contribution in [0.2, 0.25) is 0 Å². The summed E-state index contributed by atoms with van der Waals surface area (Å²) in [6, 6.07) is 12.0. The normalized spacial score (nSPS) is 17.5. The lowest BCUT2D eigenvalue weighted by atomic mass is 9.79. The van der Waals surface area contributed by atoms with Crippen molar-refractivity contribution in [2.24, 2.45) is 5.92 Å². The van der Waals surface area contributed by atoms with E-state index in [0.29, 0.717) is 24.8 Å². The lowest BCUT2D eigenvalue weighted by Crippen LogP contribution is -2.43. The number of nitrogens with one attached hydrogen (secondary N) is 1. The number of alkyl halides is 3. The van der Waals surface area contributed by atoms with Crippen molar-refractivity contribution >= 4 is 15.9 Å². The van der Waals surface area contributed by atoms with Crippen molar-refractivity contribution in [3.63, 3.8) is 0 Å². The van der Waals surface area contributed by atoms with Crippen molar-refractivity contribution in [2.75, 3.05) is 13.1 Å². The Balaban J connectivity index is 1.71. The highest BCUT2D eigenvalue weighted by Crippen LogP contribution is 2.35. The number of ether oxygens (including phenoxy) is 1. The fraction of sp³-hybridized carbons (Fsp3) is 0.458. The highest BCUT2D eigenvalue weighted by Gasteiger charge is 2.40. The summed E-state index contributed by atoms with van der Waals surface area (Å²) < 4.78 is 69.3. The summed E-state index contributed by atoms with van der Waals surface area (Å²) in [5, 5.41) is 9.20. The monoisotopic (exact) mass is 514 g/mol. The van der Waals surface area contributed by atoms with Gasteiger partial charge < -0.3 is 4.74 Å². The number of rotatable bonds is 8. The van der Waals surface area contributed by atoms with Crippen LogP contribution < -0.4 is 10.2 Å². The quantitative estimate of drug-likeness (QED) is 0.402. The predicted octanol–water partition coefficient (Wildman–Crippen LogP) is 4.40. The Kier molecular flexibility index (Phi) is 8.13. The maximum absolute atomic E-state index is 13.5. The summed E-state index contributed by atoms with van der Waals surface area (Å²) >= 11 is 0. The summed E-state index contributed by atoms with van der Waals surface area (Å²) in [4.78, 5) is 12.4. The molecule has 2 aromatic carbocycles. The Morgan fingerprint density at radius 3 is 2.26 bits per heavy atom. The molecule has 2 N–H and O–H groups in total. The molecule has 0 aliphatic carbocycles. The molecule has 192 valence electrons. The molecule has 1 atom stereocenters. The topological polar surface area (TPSA) is 95.9 Å². The first-order valence-electron chi connectivity index (χ1n) is 11.3. The Labute approximate surface area is 202 Å². The maximum atomic E-state index is 13.5. The summed E-state index contributed by atoms with van der Waals surface area (Å²) in [6.07, 6.45) is -2.67. The number of benzene rings is 2. The Hall–Kier alpha value is -2.63. The van der Waals surface area contributed by atoms with E-state index in [4.69, 9.17) is 0 Å². The Morgan fingerprint density at radius 1 is 1.11 bits per heavy atom. The van der Waals surface area contributed by atoms with Gasteiger partial charge in [0.2, 0.25) is 10.0 Å². The first-order chi connectivity index (χ1) is 16.4. The zero-order valence-corrected chi connectivity index (χ0v) is 20.3. The maximum Gasteiger partial charge on any atom is 0.573 e. The lowest BCUT2D eigenvalue weighted by Gasteiger charge is -2.34. The number of sulfonamides is 1. The molecular weight excluding hydrogens is 485 g/mol. The number of nitrogens with zero attached hydrogens (tertiary/aromatic N) is 1. The molecule has 1 aliphatic heterocycles. The third-order valence-corrected chi connectivity index (χ3v) is 8.62. The molecule has 1 heterocycles. The van der Waals surface area contributed by atoms with Crippen molar-refractivity contribution in [1.82, 2.24) is 9.79 Å².